The summed E-state index contributed by atoms with van der Waals surface area (Å²) in [5.74, 6) is 1.03. The molecule has 0 aromatic carbocycles. The molecule has 1 atom stereocenters. The van der Waals surface area contributed by atoms with Gasteiger partial charge in [0, 0.05) is 31.9 Å². The topological polar surface area (TPSA) is 47.1 Å². The van der Waals surface area contributed by atoms with E-state index in [1.54, 1.807) is 0 Å². The molecular formula is C12H20N4. The normalized spacial score (nSPS) is 21.1. The van der Waals surface area contributed by atoms with Crippen LogP contribution >= 0.6 is 0 Å². The Morgan fingerprint density at radius 1 is 1.69 bits per heavy atom. The Labute approximate surface area is 96.8 Å². The Bertz CT molecular complexity index is 369. The molecular weight excluding hydrogens is 200 g/mol. The van der Waals surface area contributed by atoms with Crippen LogP contribution in [0, 0.1) is 6.92 Å². The minimum atomic E-state index is 0.280. The molecule has 0 spiro atoms. The van der Waals surface area contributed by atoms with Gasteiger partial charge in [-0.2, -0.15) is 0 Å². The lowest BCUT2D eigenvalue weighted by Gasteiger charge is -2.31. The molecule has 1 aromatic heterocycles. The summed E-state index contributed by atoms with van der Waals surface area (Å²) in [5, 5.41) is 0. The molecule has 1 aliphatic rings. The maximum absolute atomic E-state index is 5.99. The van der Waals surface area contributed by atoms with Crippen molar-refractivity contribution in [1.29, 1.82) is 0 Å². The second kappa shape index (κ2) is 4.70. The van der Waals surface area contributed by atoms with Gasteiger partial charge >= 0.3 is 0 Å². The highest BCUT2D eigenvalue weighted by Gasteiger charge is 2.20. The van der Waals surface area contributed by atoms with E-state index in [2.05, 4.69) is 27.2 Å². The van der Waals surface area contributed by atoms with Crippen molar-refractivity contribution < 1.29 is 0 Å². The zero-order valence-electron chi connectivity index (χ0n) is 9.89. The molecule has 0 radical (unpaired) electrons. The first-order valence-electron chi connectivity index (χ1n) is 5.86. The fraction of sp³-hybridized carbons (Fsp3) is 0.583. The van der Waals surface area contributed by atoms with Gasteiger partial charge in [-0.15, -0.1) is 6.58 Å². The summed E-state index contributed by atoms with van der Waals surface area (Å²) >= 11 is 0. The monoisotopic (exact) mass is 220 g/mol. The van der Waals surface area contributed by atoms with Gasteiger partial charge in [0.1, 0.15) is 0 Å². The van der Waals surface area contributed by atoms with Gasteiger partial charge in [-0.05, 0) is 19.8 Å². The molecule has 1 fully saturated rings. The van der Waals surface area contributed by atoms with Gasteiger partial charge < -0.3 is 15.2 Å². The second-order valence-corrected chi connectivity index (χ2v) is 4.47. The predicted octanol–water partition coefficient (Wildman–Crippen LogP) is 1.31. The molecule has 88 valence electrons. The van der Waals surface area contributed by atoms with E-state index in [-0.39, 0.29) is 6.04 Å². The molecule has 0 amide bonds. The predicted molar refractivity (Wildman–Crippen MR) is 66.6 cm³/mol. The molecule has 0 unspecified atom stereocenters. The van der Waals surface area contributed by atoms with E-state index in [4.69, 9.17) is 5.73 Å². The van der Waals surface area contributed by atoms with Crippen molar-refractivity contribution in [3.63, 3.8) is 0 Å². The second-order valence-electron chi connectivity index (χ2n) is 4.47. The van der Waals surface area contributed by atoms with E-state index in [0.29, 0.717) is 0 Å². The highest BCUT2D eigenvalue weighted by Crippen LogP contribution is 2.19. The molecule has 0 saturated carbocycles. The summed E-state index contributed by atoms with van der Waals surface area (Å²) in [6.07, 6.45) is 6.24. The first-order chi connectivity index (χ1) is 7.70. The number of nitrogens with zero attached hydrogens (tertiary/aromatic N) is 3. The molecule has 4 nitrogen and oxygen atoms in total. The number of nitrogens with two attached hydrogens (primary N) is 1. The average Bonchev–Trinajstić information content (AvgIpc) is 2.60. The standard InChI is InChI=1S/C12H20N4/c1-3-6-15-8-10(2)14-12(15)16-7-4-5-11(13)9-16/h3,8,11H,1,4-7,9,13H2,2H3/t11-/m1/s1. The minimum Gasteiger partial charge on any atom is -0.341 e. The maximum atomic E-state index is 5.99. The third kappa shape index (κ3) is 2.27. The van der Waals surface area contributed by atoms with Gasteiger partial charge in [-0.1, -0.05) is 6.08 Å². The summed E-state index contributed by atoms with van der Waals surface area (Å²) in [4.78, 5) is 6.86. The average molecular weight is 220 g/mol. The van der Waals surface area contributed by atoms with Crippen LogP contribution in [-0.4, -0.2) is 28.7 Å². The number of aromatic nitrogens is 2. The molecule has 1 aliphatic heterocycles. The first kappa shape index (κ1) is 11.2. The molecule has 2 N–H and O–H groups in total. The first-order valence-corrected chi connectivity index (χ1v) is 5.86. The van der Waals surface area contributed by atoms with Crippen LogP contribution in [0.2, 0.25) is 0 Å². The molecule has 2 heterocycles. The Morgan fingerprint density at radius 3 is 3.19 bits per heavy atom. The molecule has 0 bridgehead atoms. The SMILES string of the molecule is C=CCn1cc(C)nc1N1CCC[C@@H](N)C1. The molecule has 2 rings (SSSR count). The van der Waals surface area contributed by atoms with Gasteiger partial charge in [-0.25, -0.2) is 4.98 Å². The molecule has 1 aromatic rings. The van der Waals surface area contributed by atoms with E-state index in [9.17, 15) is 0 Å². The third-order valence-electron chi connectivity index (χ3n) is 2.94. The Balaban J connectivity index is 2.20. The number of aryl methyl sites for hydroxylation is 1. The Hall–Kier alpha value is -1.29. The van der Waals surface area contributed by atoms with Crippen molar-refractivity contribution in [1.82, 2.24) is 9.55 Å². The van der Waals surface area contributed by atoms with Gasteiger partial charge in [0.2, 0.25) is 5.95 Å². The van der Waals surface area contributed by atoms with Crippen molar-refractivity contribution >= 4 is 5.95 Å². The number of rotatable bonds is 3. The van der Waals surface area contributed by atoms with Crippen LogP contribution < -0.4 is 10.6 Å². The summed E-state index contributed by atoms with van der Waals surface area (Å²) in [7, 11) is 0. The van der Waals surface area contributed by atoms with Crippen molar-refractivity contribution in [3.8, 4) is 0 Å². The van der Waals surface area contributed by atoms with Gasteiger partial charge in [-0.3, -0.25) is 0 Å². The van der Waals surface area contributed by atoms with Crippen LogP contribution in [0.1, 0.15) is 18.5 Å². The summed E-state index contributed by atoms with van der Waals surface area (Å²) in [6.45, 7) is 8.57. The zero-order valence-corrected chi connectivity index (χ0v) is 9.89. The van der Waals surface area contributed by atoms with E-state index in [1.807, 2.05) is 13.0 Å². The van der Waals surface area contributed by atoms with Crippen molar-refractivity contribution in [3.05, 3.63) is 24.5 Å². The highest BCUT2D eigenvalue weighted by atomic mass is 15.3. The van der Waals surface area contributed by atoms with E-state index in [0.717, 1.165) is 44.1 Å². The maximum Gasteiger partial charge on any atom is 0.206 e. The lowest BCUT2D eigenvalue weighted by molar-refractivity contribution is 0.495. The fourth-order valence-corrected chi connectivity index (χ4v) is 2.25. The Morgan fingerprint density at radius 2 is 2.50 bits per heavy atom. The third-order valence-corrected chi connectivity index (χ3v) is 2.94. The number of imidazole rings is 1. The van der Waals surface area contributed by atoms with Gasteiger partial charge in [0.25, 0.3) is 0 Å². The van der Waals surface area contributed by atoms with Gasteiger partial charge in [0.05, 0.1) is 5.69 Å². The zero-order chi connectivity index (χ0) is 11.5. The molecule has 0 aliphatic carbocycles. The number of allylic oxidation sites excluding steroid dienone is 1. The summed E-state index contributed by atoms with van der Waals surface area (Å²) in [5.41, 5.74) is 7.05. The largest absolute Gasteiger partial charge is 0.341 e. The Kier molecular flexibility index (Phi) is 3.29. The van der Waals surface area contributed by atoms with Crippen LogP contribution in [0.4, 0.5) is 5.95 Å². The minimum absolute atomic E-state index is 0.280. The fourth-order valence-electron chi connectivity index (χ4n) is 2.25. The summed E-state index contributed by atoms with van der Waals surface area (Å²) < 4.78 is 2.14. The van der Waals surface area contributed by atoms with Crippen LogP contribution in [0.5, 0.6) is 0 Å². The van der Waals surface area contributed by atoms with Crippen LogP contribution in [0.3, 0.4) is 0 Å². The quantitative estimate of drug-likeness (QED) is 0.781. The highest BCUT2D eigenvalue weighted by molar-refractivity contribution is 5.34. The molecule has 1 saturated heterocycles. The molecule has 16 heavy (non-hydrogen) atoms. The number of hydrogen-bond donors (Lipinski definition) is 1. The smallest absolute Gasteiger partial charge is 0.206 e. The van der Waals surface area contributed by atoms with Gasteiger partial charge in [0.15, 0.2) is 0 Å². The van der Waals surface area contributed by atoms with Crippen LogP contribution in [0.15, 0.2) is 18.9 Å². The lowest BCUT2D eigenvalue weighted by atomic mass is 10.1. The van der Waals surface area contributed by atoms with Crippen LogP contribution in [0.25, 0.3) is 0 Å². The van der Waals surface area contributed by atoms with E-state index < -0.39 is 0 Å². The van der Waals surface area contributed by atoms with Crippen molar-refractivity contribution in [2.75, 3.05) is 18.0 Å². The number of hydrogen-bond acceptors (Lipinski definition) is 3. The van der Waals surface area contributed by atoms with E-state index >= 15 is 0 Å². The summed E-state index contributed by atoms with van der Waals surface area (Å²) in [6, 6.07) is 0.280. The number of anilines is 1. The van der Waals surface area contributed by atoms with Crippen LogP contribution in [-0.2, 0) is 6.54 Å². The number of piperidine rings is 1. The van der Waals surface area contributed by atoms with Crippen molar-refractivity contribution in [2.45, 2.75) is 32.4 Å². The lowest BCUT2D eigenvalue weighted by Crippen LogP contribution is -2.43. The van der Waals surface area contributed by atoms with Crippen molar-refractivity contribution in [2.24, 2.45) is 5.73 Å². The van der Waals surface area contributed by atoms with E-state index in [1.165, 1.54) is 0 Å². The molecule has 4 heteroatoms.